The first kappa shape index (κ1) is 16.1. The summed E-state index contributed by atoms with van der Waals surface area (Å²) in [6.07, 6.45) is -4.65. The number of hydrogen-bond acceptors (Lipinski definition) is 4. The highest BCUT2D eigenvalue weighted by Gasteiger charge is 2.60. The molecule has 1 aromatic rings. The second kappa shape index (κ2) is 5.30. The van der Waals surface area contributed by atoms with E-state index in [1.807, 2.05) is 0 Å². The zero-order valence-electron chi connectivity index (χ0n) is 13.2. The molecule has 2 heterocycles. The number of carbonyl (C=O) groups is 1. The predicted octanol–water partition coefficient (Wildman–Crippen LogP) is 2.94. The van der Waals surface area contributed by atoms with Crippen LogP contribution >= 0.6 is 0 Å². The van der Waals surface area contributed by atoms with Crippen LogP contribution < -0.4 is 14.8 Å². The lowest BCUT2D eigenvalue weighted by Gasteiger charge is -2.32. The van der Waals surface area contributed by atoms with Gasteiger partial charge in [0.25, 0.3) is 11.5 Å². The standard InChI is InChI=1S/C17H14F3NO4/c1-9-15(22)21-12-7-14-13(23-8-24-14)6-11(12)16(25-9,17(18,19)20)5-4-10-2-3-10/h6-7,9-10H,2-3,8H2,1H3,(H,21,22). The summed E-state index contributed by atoms with van der Waals surface area (Å²) >= 11 is 0. The normalized spacial score (nSPS) is 27.7. The Morgan fingerprint density at radius 3 is 2.56 bits per heavy atom. The van der Waals surface area contributed by atoms with Crippen molar-refractivity contribution in [3.8, 4) is 23.3 Å². The molecule has 1 aliphatic carbocycles. The molecule has 1 aromatic carbocycles. The van der Waals surface area contributed by atoms with Crippen molar-refractivity contribution in [1.29, 1.82) is 0 Å². The predicted molar refractivity (Wildman–Crippen MR) is 80.0 cm³/mol. The number of hydrogen-bond donors (Lipinski definition) is 1. The maximum Gasteiger partial charge on any atom is 0.433 e. The summed E-state index contributed by atoms with van der Waals surface area (Å²) in [5, 5.41) is 2.46. The molecule has 0 aromatic heterocycles. The molecule has 2 atom stereocenters. The van der Waals surface area contributed by atoms with Gasteiger partial charge in [0, 0.05) is 17.5 Å². The molecule has 3 aliphatic rings. The second-order valence-electron chi connectivity index (χ2n) is 6.22. The minimum Gasteiger partial charge on any atom is -0.454 e. The van der Waals surface area contributed by atoms with Gasteiger partial charge in [-0.3, -0.25) is 4.79 Å². The fraction of sp³-hybridized carbons (Fsp3) is 0.471. The third-order valence-corrected chi connectivity index (χ3v) is 4.30. The van der Waals surface area contributed by atoms with Crippen LogP contribution in [0.25, 0.3) is 0 Å². The third-order valence-electron chi connectivity index (χ3n) is 4.30. The van der Waals surface area contributed by atoms with Gasteiger partial charge < -0.3 is 19.5 Å². The highest BCUT2D eigenvalue weighted by atomic mass is 19.4. The Kier molecular flexibility index (Phi) is 3.41. The molecule has 5 nitrogen and oxygen atoms in total. The van der Waals surface area contributed by atoms with Crippen molar-refractivity contribution in [3.63, 3.8) is 0 Å². The molecule has 1 amide bonds. The van der Waals surface area contributed by atoms with Crippen LogP contribution in [0.1, 0.15) is 25.3 Å². The molecule has 25 heavy (non-hydrogen) atoms. The fourth-order valence-electron chi connectivity index (χ4n) is 2.77. The van der Waals surface area contributed by atoms with Gasteiger partial charge in [0.15, 0.2) is 11.5 Å². The van der Waals surface area contributed by atoms with E-state index in [4.69, 9.17) is 14.2 Å². The lowest BCUT2D eigenvalue weighted by molar-refractivity contribution is -0.266. The van der Waals surface area contributed by atoms with E-state index in [0.29, 0.717) is 0 Å². The van der Waals surface area contributed by atoms with E-state index in [1.54, 1.807) is 0 Å². The Morgan fingerprint density at radius 1 is 1.24 bits per heavy atom. The van der Waals surface area contributed by atoms with Gasteiger partial charge in [-0.2, -0.15) is 13.2 Å². The number of halogens is 3. The lowest BCUT2D eigenvalue weighted by Crippen LogP contribution is -2.46. The summed E-state index contributed by atoms with van der Waals surface area (Å²) in [5.41, 5.74) is -3.25. The lowest BCUT2D eigenvalue weighted by atomic mass is 9.90. The van der Waals surface area contributed by atoms with E-state index in [2.05, 4.69) is 17.2 Å². The third kappa shape index (κ3) is 2.59. The van der Waals surface area contributed by atoms with Crippen LogP contribution in [-0.4, -0.2) is 25.0 Å². The van der Waals surface area contributed by atoms with E-state index in [-0.39, 0.29) is 35.5 Å². The van der Waals surface area contributed by atoms with Crippen LogP contribution in [0, 0.1) is 17.8 Å². The van der Waals surface area contributed by atoms with E-state index < -0.39 is 23.8 Å². The van der Waals surface area contributed by atoms with Crippen molar-refractivity contribution in [2.75, 3.05) is 12.1 Å². The molecule has 0 spiro atoms. The summed E-state index contributed by atoms with van der Waals surface area (Å²) in [5.74, 6) is 4.60. The van der Waals surface area contributed by atoms with Crippen LogP contribution in [0.3, 0.4) is 0 Å². The minimum atomic E-state index is -4.85. The molecular weight excluding hydrogens is 339 g/mol. The van der Waals surface area contributed by atoms with Crippen molar-refractivity contribution < 1.29 is 32.2 Å². The Labute approximate surface area is 141 Å². The Bertz CT molecular complexity index is 807. The fourth-order valence-corrected chi connectivity index (χ4v) is 2.77. The SMILES string of the molecule is CC1OC(C#CC2CC2)(C(F)(F)F)c2cc3c(cc2NC1=O)OCO3. The average Bonchev–Trinajstić information content (AvgIpc) is 3.27. The van der Waals surface area contributed by atoms with E-state index in [9.17, 15) is 18.0 Å². The summed E-state index contributed by atoms with van der Waals surface area (Å²) in [4.78, 5) is 12.1. The number of carbonyl (C=O) groups excluding carboxylic acids is 1. The number of fused-ring (bicyclic) bond motifs is 2. The number of rotatable bonds is 0. The van der Waals surface area contributed by atoms with Crippen LogP contribution in [0.2, 0.25) is 0 Å². The maximum atomic E-state index is 14.1. The number of alkyl halides is 3. The van der Waals surface area contributed by atoms with Crippen LogP contribution in [0.15, 0.2) is 12.1 Å². The van der Waals surface area contributed by atoms with Gasteiger partial charge in [-0.15, -0.1) is 0 Å². The first-order chi connectivity index (χ1) is 11.8. The monoisotopic (exact) mass is 353 g/mol. The van der Waals surface area contributed by atoms with Gasteiger partial charge in [-0.25, -0.2) is 0 Å². The number of amides is 1. The number of anilines is 1. The summed E-state index contributed by atoms with van der Waals surface area (Å²) in [6, 6.07) is 2.50. The van der Waals surface area contributed by atoms with Gasteiger partial charge in [0.1, 0.15) is 6.10 Å². The molecule has 132 valence electrons. The topological polar surface area (TPSA) is 56.8 Å². The molecule has 2 unspecified atom stereocenters. The highest BCUT2D eigenvalue weighted by molar-refractivity contribution is 5.96. The molecule has 2 aliphatic heterocycles. The number of ether oxygens (including phenoxy) is 3. The molecule has 1 N–H and O–H groups in total. The Hall–Kier alpha value is -2.40. The molecule has 0 saturated heterocycles. The van der Waals surface area contributed by atoms with Crippen molar-refractivity contribution in [2.24, 2.45) is 5.92 Å². The van der Waals surface area contributed by atoms with Gasteiger partial charge in [0.05, 0.1) is 5.69 Å². The Morgan fingerprint density at radius 2 is 1.92 bits per heavy atom. The average molecular weight is 353 g/mol. The zero-order valence-corrected chi connectivity index (χ0v) is 13.2. The van der Waals surface area contributed by atoms with Gasteiger partial charge in [-0.05, 0) is 25.8 Å². The van der Waals surface area contributed by atoms with Gasteiger partial charge in [0.2, 0.25) is 6.79 Å². The molecule has 0 bridgehead atoms. The molecular formula is C17H14F3NO4. The minimum absolute atomic E-state index is 0.0407. The largest absolute Gasteiger partial charge is 0.454 e. The molecule has 1 fully saturated rings. The van der Waals surface area contributed by atoms with Gasteiger partial charge in [-0.1, -0.05) is 11.8 Å². The smallest absolute Gasteiger partial charge is 0.433 e. The number of benzene rings is 1. The zero-order chi connectivity index (χ0) is 17.8. The Balaban J connectivity index is 1.96. The van der Waals surface area contributed by atoms with E-state index in [1.165, 1.54) is 19.1 Å². The van der Waals surface area contributed by atoms with Crippen LogP contribution in [0.4, 0.5) is 18.9 Å². The van der Waals surface area contributed by atoms with E-state index >= 15 is 0 Å². The van der Waals surface area contributed by atoms with E-state index in [0.717, 1.165) is 12.8 Å². The highest BCUT2D eigenvalue weighted by Crippen LogP contribution is 2.50. The molecule has 8 heteroatoms. The van der Waals surface area contributed by atoms with Crippen molar-refractivity contribution in [3.05, 3.63) is 17.7 Å². The molecule has 1 saturated carbocycles. The quantitative estimate of drug-likeness (QED) is 0.729. The molecule has 4 rings (SSSR count). The summed E-state index contributed by atoms with van der Waals surface area (Å²) in [7, 11) is 0. The van der Waals surface area contributed by atoms with Crippen molar-refractivity contribution in [2.45, 2.75) is 37.6 Å². The van der Waals surface area contributed by atoms with Crippen LogP contribution in [0.5, 0.6) is 11.5 Å². The molecule has 0 radical (unpaired) electrons. The van der Waals surface area contributed by atoms with Crippen LogP contribution in [-0.2, 0) is 15.1 Å². The first-order valence-corrected chi connectivity index (χ1v) is 7.82. The first-order valence-electron chi connectivity index (χ1n) is 7.82. The van der Waals surface area contributed by atoms with Gasteiger partial charge >= 0.3 is 6.18 Å². The second-order valence-corrected chi connectivity index (χ2v) is 6.22. The maximum absolute atomic E-state index is 14.1. The van der Waals surface area contributed by atoms with Crippen molar-refractivity contribution in [1.82, 2.24) is 0 Å². The number of nitrogens with one attached hydrogen (secondary N) is 1. The van der Waals surface area contributed by atoms with Crippen molar-refractivity contribution >= 4 is 11.6 Å². The summed E-state index contributed by atoms with van der Waals surface area (Å²) < 4.78 is 58.0. The summed E-state index contributed by atoms with van der Waals surface area (Å²) in [6.45, 7) is 1.16.